The molecule has 10 heteroatoms. The van der Waals surface area contributed by atoms with Crippen LogP contribution in [0.25, 0.3) is 0 Å². The molecule has 164 valence electrons. The van der Waals surface area contributed by atoms with Gasteiger partial charge in [-0.15, -0.1) is 10.2 Å². The van der Waals surface area contributed by atoms with Crippen molar-refractivity contribution >= 4 is 39.3 Å². The summed E-state index contributed by atoms with van der Waals surface area (Å²) >= 11 is 4.72. The first-order chi connectivity index (χ1) is 15.0. The Morgan fingerprint density at radius 1 is 1.10 bits per heavy atom. The first-order valence-electron chi connectivity index (χ1n) is 9.49. The Hall–Kier alpha value is -2.72. The SMILES string of the molecule is CCn1c(COc2ccc(Br)cc2)nnc1SCC(=O)Nc1ccc(OC)cc1OC. The fraction of sp³-hybridized carbons (Fsp3) is 0.286. The van der Waals surface area contributed by atoms with Crippen LogP contribution in [0.5, 0.6) is 17.2 Å². The van der Waals surface area contributed by atoms with E-state index in [-0.39, 0.29) is 18.3 Å². The van der Waals surface area contributed by atoms with Crippen LogP contribution in [0.1, 0.15) is 12.7 Å². The summed E-state index contributed by atoms with van der Waals surface area (Å²) in [7, 11) is 3.12. The maximum absolute atomic E-state index is 12.4. The minimum Gasteiger partial charge on any atom is -0.497 e. The van der Waals surface area contributed by atoms with Crippen molar-refractivity contribution in [1.29, 1.82) is 0 Å². The molecule has 1 N–H and O–H groups in total. The van der Waals surface area contributed by atoms with Crippen molar-refractivity contribution in [1.82, 2.24) is 14.8 Å². The quantitative estimate of drug-likeness (QED) is 0.408. The molecule has 3 rings (SSSR count). The maximum atomic E-state index is 12.4. The Morgan fingerprint density at radius 3 is 2.52 bits per heavy atom. The second-order valence-electron chi connectivity index (χ2n) is 6.29. The molecular formula is C21H23BrN4O4S. The fourth-order valence-electron chi connectivity index (χ4n) is 2.75. The standard InChI is InChI=1S/C21H23BrN4O4S/c1-4-26-19(12-30-15-7-5-14(22)6-8-15)24-25-21(26)31-13-20(27)23-17-10-9-16(28-2)11-18(17)29-3/h5-11H,4,12-13H2,1-3H3,(H,23,27). The lowest BCUT2D eigenvalue weighted by atomic mass is 10.2. The summed E-state index contributed by atoms with van der Waals surface area (Å²) in [4.78, 5) is 12.4. The van der Waals surface area contributed by atoms with Crippen molar-refractivity contribution in [2.75, 3.05) is 25.3 Å². The largest absolute Gasteiger partial charge is 0.497 e. The van der Waals surface area contributed by atoms with E-state index in [9.17, 15) is 4.79 Å². The van der Waals surface area contributed by atoms with E-state index >= 15 is 0 Å². The zero-order valence-electron chi connectivity index (χ0n) is 17.4. The van der Waals surface area contributed by atoms with E-state index < -0.39 is 0 Å². The van der Waals surface area contributed by atoms with E-state index in [1.165, 1.54) is 11.8 Å². The third-order valence-electron chi connectivity index (χ3n) is 4.31. The molecule has 1 heterocycles. The predicted molar refractivity (Wildman–Crippen MR) is 123 cm³/mol. The Kier molecular flexibility index (Phi) is 8.19. The van der Waals surface area contributed by atoms with Gasteiger partial charge in [0.1, 0.15) is 23.9 Å². The molecule has 0 fully saturated rings. The lowest BCUT2D eigenvalue weighted by molar-refractivity contribution is -0.113. The normalized spacial score (nSPS) is 10.6. The number of carbonyl (C=O) groups is 1. The Bertz CT molecular complexity index is 1030. The number of anilines is 1. The summed E-state index contributed by atoms with van der Waals surface area (Å²) in [6, 6.07) is 12.8. The Balaban J connectivity index is 1.59. The first-order valence-corrected chi connectivity index (χ1v) is 11.3. The highest BCUT2D eigenvalue weighted by molar-refractivity contribution is 9.10. The lowest BCUT2D eigenvalue weighted by Gasteiger charge is -2.12. The maximum Gasteiger partial charge on any atom is 0.234 e. The second-order valence-corrected chi connectivity index (χ2v) is 8.15. The van der Waals surface area contributed by atoms with E-state index in [1.54, 1.807) is 32.4 Å². The van der Waals surface area contributed by atoms with E-state index in [4.69, 9.17) is 14.2 Å². The molecule has 0 radical (unpaired) electrons. The van der Waals surface area contributed by atoms with Crippen LogP contribution in [0.4, 0.5) is 5.69 Å². The lowest BCUT2D eigenvalue weighted by Crippen LogP contribution is -2.15. The van der Waals surface area contributed by atoms with Crippen molar-refractivity contribution in [2.45, 2.75) is 25.2 Å². The van der Waals surface area contributed by atoms with E-state index in [0.717, 1.165) is 10.2 Å². The zero-order chi connectivity index (χ0) is 22.2. The number of hydrogen-bond donors (Lipinski definition) is 1. The van der Waals surface area contributed by atoms with Gasteiger partial charge in [0.05, 0.1) is 25.7 Å². The Labute approximate surface area is 193 Å². The highest BCUT2D eigenvalue weighted by Crippen LogP contribution is 2.29. The van der Waals surface area contributed by atoms with Gasteiger partial charge in [-0.1, -0.05) is 27.7 Å². The number of methoxy groups -OCH3 is 2. The molecule has 0 aliphatic heterocycles. The van der Waals surface area contributed by atoms with Gasteiger partial charge in [0.15, 0.2) is 11.0 Å². The van der Waals surface area contributed by atoms with Crippen LogP contribution in [0.2, 0.25) is 0 Å². The number of benzene rings is 2. The molecule has 0 aliphatic rings. The number of thioether (sulfide) groups is 1. The summed E-state index contributed by atoms with van der Waals surface area (Å²) < 4.78 is 19.2. The zero-order valence-corrected chi connectivity index (χ0v) is 19.8. The molecule has 8 nitrogen and oxygen atoms in total. The van der Waals surface area contributed by atoms with Gasteiger partial charge in [0.2, 0.25) is 5.91 Å². The molecule has 31 heavy (non-hydrogen) atoms. The summed E-state index contributed by atoms with van der Waals surface area (Å²) in [5.41, 5.74) is 0.578. The van der Waals surface area contributed by atoms with Crippen molar-refractivity contribution in [3.05, 3.63) is 52.8 Å². The molecule has 0 saturated heterocycles. The number of amides is 1. The van der Waals surface area contributed by atoms with Crippen LogP contribution in [0.3, 0.4) is 0 Å². The van der Waals surface area contributed by atoms with Crippen molar-refractivity contribution in [2.24, 2.45) is 0 Å². The highest BCUT2D eigenvalue weighted by Gasteiger charge is 2.15. The van der Waals surface area contributed by atoms with E-state index in [0.29, 0.717) is 34.7 Å². The van der Waals surface area contributed by atoms with Gasteiger partial charge in [-0.2, -0.15) is 0 Å². The summed E-state index contributed by atoms with van der Waals surface area (Å²) in [5.74, 6) is 2.63. The topological polar surface area (TPSA) is 87.5 Å². The monoisotopic (exact) mass is 506 g/mol. The third-order valence-corrected chi connectivity index (χ3v) is 5.80. The number of halogens is 1. The van der Waals surface area contributed by atoms with Gasteiger partial charge < -0.3 is 24.1 Å². The van der Waals surface area contributed by atoms with Gasteiger partial charge in [0.25, 0.3) is 0 Å². The van der Waals surface area contributed by atoms with Gasteiger partial charge in [-0.3, -0.25) is 4.79 Å². The van der Waals surface area contributed by atoms with E-state index in [2.05, 4.69) is 31.4 Å². The minimum atomic E-state index is -0.174. The second kappa shape index (κ2) is 11.1. The molecule has 0 unspecified atom stereocenters. The number of ether oxygens (including phenoxy) is 3. The molecule has 0 aliphatic carbocycles. The molecule has 0 spiro atoms. The molecule has 1 aromatic heterocycles. The van der Waals surface area contributed by atoms with Crippen LogP contribution >= 0.6 is 27.7 Å². The number of rotatable bonds is 10. The van der Waals surface area contributed by atoms with Crippen LogP contribution in [0, 0.1) is 0 Å². The average Bonchev–Trinajstić information content (AvgIpc) is 3.19. The Morgan fingerprint density at radius 2 is 1.84 bits per heavy atom. The van der Waals surface area contributed by atoms with Gasteiger partial charge >= 0.3 is 0 Å². The van der Waals surface area contributed by atoms with Crippen molar-refractivity contribution < 1.29 is 19.0 Å². The number of carbonyl (C=O) groups excluding carboxylic acids is 1. The number of nitrogens with zero attached hydrogens (tertiary/aromatic N) is 3. The van der Waals surface area contributed by atoms with Crippen LogP contribution in [0.15, 0.2) is 52.1 Å². The fourth-order valence-corrected chi connectivity index (χ4v) is 3.83. The minimum absolute atomic E-state index is 0.174. The molecule has 0 bridgehead atoms. The van der Waals surface area contributed by atoms with Crippen LogP contribution in [-0.4, -0.2) is 40.6 Å². The predicted octanol–water partition coefficient (Wildman–Crippen LogP) is 4.39. The summed E-state index contributed by atoms with van der Waals surface area (Å²) in [6.45, 7) is 2.96. The third kappa shape index (κ3) is 6.14. The molecule has 3 aromatic rings. The molecule has 0 atom stereocenters. The first kappa shape index (κ1) is 23.0. The molecule has 0 saturated carbocycles. The molecule has 2 aromatic carbocycles. The van der Waals surface area contributed by atoms with Gasteiger partial charge in [-0.25, -0.2) is 0 Å². The highest BCUT2D eigenvalue weighted by atomic mass is 79.9. The molecular weight excluding hydrogens is 484 g/mol. The molecule has 1 amide bonds. The van der Waals surface area contributed by atoms with Crippen molar-refractivity contribution in [3.63, 3.8) is 0 Å². The number of aromatic nitrogens is 3. The van der Waals surface area contributed by atoms with E-state index in [1.807, 2.05) is 35.8 Å². The van der Waals surface area contributed by atoms with Crippen molar-refractivity contribution in [3.8, 4) is 17.2 Å². The average molecular weight is 507 g/mol. The van der Waals surface area contributed by atoms with Crippen LogP contribution < -0.4 is 19.5 Å². The number of nitrogens with one attached hydrogen (secondary N) is 1. The summed E-state index contributed by atoms with van der Waals surface area (Å²) in [6.07, 6.45) is 0. The van der Waals surface area contributed by atoms with Gasteiger partial charge in [-0.05, 0) is 43.3 Å². The van der Waals surface area contributed by atoms with Gasteiger partial charge in [0, 0.05) is 17.1 Å². The number of hydrogen-bond acceptors (Lipinski definition) is 7. The smallest absolute Gasteiger partial charge is 0.234 e. The van der Waals surface area contributed by atoms with Crippen LogP contribution in [-0.2, 0) is 17.9 Å². The summed E-state index contributed by atoms with van der Waals surface area (Å²) in [5, 5.41) is 11.9.